The Morgan fingerprint density at radius 1 is 1.12 bits per heavy atom. The number of carboxylic acid groups (broad SMARTS) is 1. The number of anilines is 1. The fraction of sp³-hybridized carbons (Fsp3) is 0.333. The number of benzene rings is 1. The molecule has 1 aromatic heterocycles. The normalized spacial score (nSPS) is 20.3. The molecule has 2 amide bonds. The molecule has 2 saturated heterocycles. The first kappa shape index (κ1) is 23.2. The summed E-state index contributed by atoms with van der Waals surface area (Å²) in [4.78, 5) is 41.4. The summed E-state index contributed by atoms with van der Waals surface area (Å²) in [5.41, 5.74) is 0.895. The maximum atomic E-state index is 13.5. The molecular weight excluding hydrogens is 434 g/mol. The van der Waals surface area contributed by atoms with Crippen molar-refractivity contribution < 1.29 is 37.1 Å². The molecule has 0 aliphatic carbocycles. The number of amides is 2. The minimum Gasteiger partial charge on any atom is -0.475 e. The second-order valence-corrected chi connectivity index (χ2v) is 7.66. The second-order valence-electron chi connectivity index (χ2n) is 7.66. The quantitative estimate of drug-likeness (QED) is 0.706. The number of halogens is 4. The molecular formula is C21H19F4N3O4. The lowest BCUT2D eigenvalue weighted by Gasteiger charge is -2.24. The molecule has 2 fully saturated rings. The van der Waals surface area contributed by atoms with E-state index in [1.165, 1.54) is 12.1 Å². The zero-order valence-electron chi connectivity index (χ0n) is 16.7. The fourth-order valence-electron chi connectivity index (χ4n) is 3.83. The zero-order valence-corrected chi connectivity index (χ0v) is 16.7. The minimum absolute atomic E-state index is 0.0127. The molecule has 3 heterocycles. The smallest absolute Gasteiger partial charge is 0.475 e. The van der Waals surface area contributed by atoms with E-state index in [0.29, 0.717) is 37.3 Å². The van der Waals surface area contributed by atoms with Crippen molar-refractivity contribution >= 4 is 23.5 Å². The van der Waals surface area contributed by atoms with E-state index in [2.05, 4.69) is 4.98 Å². The highest BCUT2D eigenvalue weighted by Crippen LogP contribution is 2.42. The van der Waals surface area contributed by atoms with Crippen molar-refractivity contribution in [2.75, 3.05) is 24.5 Å². The van der Waals surface area contributed by atoms with E-state index in [1.54, 1.807) is 46.5 Å². The number of nitrogens with zero attached hydrogens (tertiary/aromatic N) is 3. The highest BCUT2D eigenvalue weighted by Gasteiger charge is 2.49. The van der Waals surface area contributed by atoms with Crippen LogP contribution in [0, 0.1) is 11.2 Å². The van der Waals surface area contributed by atoms with Crippen molar-refractivity contribution in [2.24, 2.45) is 5.41 Å². The monoisotopic (exact) mass is 453 g/mol. The standard InChI is InChI=1S/C19H18FN3O2.C2HF3O2/c20-15-4-1-5-16(9-15)23-13-19(10-17(23)24)6-8-22(12-19)18(25)14-3-2-7-21-11-14;3-2(4,5)1(6)7/h1-5,7,9,11H,6,8,10,12-13H2;(H,6,7). The van der Waals surface area contributed by atoms with Crippen molar-refractivity contribution in [1.29, 1.82) is 0 Å². The van der Waals surface area contributed by atoms with Crippen LogP contribution >= 0.6 is 0 Å². The Morgan fingerprint density at radius 3 is 2.44 bits per heavy atom. The largest absolute Gasteiger partial charge is 0.490 e. The Labute approximate surface area is 180 Å². The van der Waals surface area contributed by atoms with Crippen LogP contribution in [-0.2, 0) is 9.59 Å². The Balaban J connectivity index is 0.000000360. The van der Waals surface area contributed by atoms with E-state index in [1.807, 2.05) is 0 Å². The second kappa shape index (κ2) is 8.93. The van der Waals surface area contributed by atoms with E-state index < -0.39 is 12.1 Å². The van der Waals surface area contributed by atoms with Gasteiger partial charge in [-0.3, -0.25) is 14.6 Å². The summed E-state index contributed by atoms with van der Waals surface area (Å²) in [5, 5.41) is 7.12. The number of likely N-dealkylation sites (tertiary alicyclic amines) is 1. The number of aromatic nitrogens is 1. The van der Waals surface area contributed by atoms with E-state index >= 15 is 0 Å². The number of alkyl halides is 3. The maximum absolute atomic E-state index is 13.5. The molecule has 170 valence electrons. The number of aliphatic carboxylic acids is 1. The lowest BCUT2D eigenvalue weighted by molar-refractivity contribution is -0.192. The van der Waals surface area contributed by atoms with Gasteiger partial charge in [0.15, 0.2) is 0 Å². The number of hydrogen-bond acceptors (Lipinski definition) is 4. The summed E-state index contributed by atoms with van der Waals surface area (Å²) in [6, 6.07) is 9.58. The van der Waals surface area contributed by atoms with E-state index in [4.69, 9.17) is 9.90 Å². The number of carbonyl (C=O) groups is 3. The van der Waals surface area contributed by atoms with Crippen molar-refractivity contribution in [3.05, 3.63) is 60.2 Å². The van der Waals surface area contributed by atoms with Gasteiger partial charge in [-0.2, -0.15) is 13.2 Å². The predicted octanol–water partition coefficient (Wildman–Crippen LogP) is 3.12. The van der Waals surface area contributed by atoms with Gasteiger partial charge in [-0.25, -0.2) is 9.18 Å². The summed E-state index contributed by atoms with van der Waals surface area (Å²) in [6.07, 6.45) is -0.724. The SMILES string of the molecule is O=C(O)C(F)(F)F.O=C(c1cccnc1)N1CCC2(CC(=O)N(c3cccc(F)c3)C2)C1. The molecule has 7 nitrogen and oxygen atoms in total. The summed E-state index contributed by atoms with van der Waals surface area (Å²) < 4.78 is 45.2. The number of carbonyl (C=O) groups excluding carboxylic acids is 2. The molecule has 0 saturated carbocycles. The van der Waals surface area contributed by atoms with Gasteiger partial charge in [0, 0.05) is 49.6 Å². The number of pyridine rings is 1. The third-order valence-electron chi connectivity index (χ3n) is 5.32. The summed E-state index contributed by atoms with van der Waals surface area (Å²) in [5.74, 6) is -3.18. The average molecular weight is 453 g/mol. The lowest BCUT2D eigenvalue weighted by atomic mass is 9.86. The average Bonchev–Trinajstić information content (AvgIpc) is 3.30. The molecule has 2 aromatic rings. The number of carboxylic acids is 1. The molecule has 4 rings (SSSR count). The van der Waals surface area contributed by atoms with Crippen molar-refractivity contribution in [2.45, 2.75) is 19.0 Å². The third kappa shape index (κ3) is 5.21. The van der Waals surface area contributed by atoms with Crippen molar-refractivity contribution in [3.8, 4) is 0 Å². The topological polar surface area (TPSA) is 90.8 Å². The Morgan fingerprint density at radius 2 is 1.84 bits per heavy atom. The Hall–Kier alpha value is -3.50. The van der Waals surface area contributed by atoms with Crippen LogP contribution in [0.2, 0.25) is 0 Å². The fourth-order valence-corrected chi connectivity index (χ4v) is 3.83. The van der Waals surface area contributed by atoms with E-state index in [-0.39, 0.29) is 23.0 Å². The molecule has 1 spiro atoms. The van der Waals surface area contributed by atoms with Gasteiger partial charge in [0.05, 0.1) is 5.56 Å². The van der Waals surface area contributed by atoms with Crippen LogP contribution in [-0.4, -0.2) is 58.6 Å². The van der Waals surface area contributed by atoms with Crippen LogP contribution < -0.4 is 4.90 Å². The van der Waals surface area contributed by atoms with Gasteiger partial charge < -0.3 is 14.9 Å². The Bertz CT molecular complexity index is 1020. The third-order valence-corrected chi connectivity index (χ3v) is 5.32. The van der Waals surface area contributed by atoms with Crippen molar-refractivity contribution in [3.63, 3.8) is 0 Å². The number of hydrogen-bond donors (Lipinski definition) is 1. The molecule has 0 radical (unpaired) electrons. The van der Waals surface area contributed by atoms with Crippen LogP contribution in [0.1, 0.15) is 23.2 Å². The molecule has 2 aliphatic heterocycles. The lowest BCUT2D eigenvalue weighted by Crippen LogP contribution is -2.34. The Kier molecular flexibility index (Phi) is 6.47. The van der Waals surface area contributed by atoms with Crippen LogP contribution in [0.25, 0.3) is 0 Å². The van der Waals surface area contributed by atoms with Crippen LogP contribution in [0.4, 0.5) is 23.2 Å². The molecule has 1 atom stereocenters. The predicted molar refractivity (Wildman–Crippen MR) is 104 cm³/mol. The first-order chi connectivity index (χ1) is 15.0. The maximum Gasteiger partial charge on any atom is 0.490 e. The molecule has 1 N–H and O–H groups in total. The first-order valence-electron chi connectivity index (χ1n) is 9.56. The van der Waals surface area contributed by atoms with Gasteiger partial charge >= 0.3 is 12.1 Å². The van der Waals surface area contributed by atoms with Crippen LogP contribution in [0.15, 0.2) is 48.8 Å². The van der Waals surface area contributed by atoms with Gasteiger partial charge in [0.25, 0.3) is 5.91 Å². The molecule has 11 heteroatoms. The summed E-state index contributed by atoms with van der Waals surface area (Å²) in [6.45, 7) is 1.68. The van der Waals surface area contributed by atoms with Gasteiger partial charge in [-0.1, -0.05) is 6.07 Å². The van der Waals surface area contributed by atoms with Gasteiger partial charge in [0.1, 0.15) is 5.82 Å². The van der Waals surface area contributed by atoms with E-state index in [9.17, 15) is 27.2 Å². The molecule has 0 bridgehead atoms. The van der Waals surface area contributed by atoms with Crippen molar-refractivity contribution in [1.82, 2.24) is 9.88 Å². The van der Waals surface area contributed by atoms with Gasteiger partial charge in [0.2, 0.25) is 5.91 Å². The molecule has 32 heavy (non-hydrogen) atoms. The molecule has 2 aliphatic rings. The van der Waals surface area contributed by atoms with E-state index in [0.717, 1.165) is 6.42 Å². The highest BCUT2D eigenvalue weighted by molar-refractivity contribution is 5.97. The van der Waals surface area contributed by atoms with Gasteiger partial charge in [-0.05, 0) is 36.8 Å². The zero-order chi connectivity index (χ0) is 23.5. The summed E-state index contributed by atoms with van der Waals surface area (Å²) >= 11 is 0. The molecule has 1 aromatic carbocycles. The van der Waals surface area contributed by atoms with Gasteiger partial charge in [-0.15, -0.1) is 0 Å². The minimum atomic E-state index is -5.08. The van der Waals surface area contributed by atoms with Crippen LogP contribution in [0.5, 0.6) is 0 Å². The summed E-state index contributed by atoms with van der Waals surface area (Å²) in [7, 11) is 0. The van der Waals surface area contributed by atoms with Crippen LogP contribution in [0.3, 0.4) is 0 Å². The number of rotatable bonds is 2. The highest BCUT2D eigenvalue weighted by atomic mass is 19.4. The first-order valence-corrected chi connectivity index (χ1v) is 9.56. The molecule has 1 unspecified atom stereocenters.